The molecule has 0 radical (unpaired) electrons. The fraction of sp³-hybridized carbons (Fsp3) is 0.273. The van der Waals surface area contributed by atoms with E-state index in [1.165, 1.54) is 0 Å². The number of para-hydroxylation sites is 1. The van der Waals surface area contributed by atoms with Crippen molar-refractivity contribution in [1.82, 2.24) is 20.4 Å². The van der Waals surface area contributed by atoms with Crippen molar-refractivity contribution in [3.8, 4) is 28.4 Å². The minimum Gasteiger partial charge on any atom is -0.493 e. The molecule has 0 bridgehead atoms. The molecule has 4 rings (SSSR count). The van der Waals surface area contributed by atoms with E-state index in [0.717, 1.165) is 30.8 Å². The van der Waals surface area contributed by atoms with Gasteiger partial charge in [-0.05, 0) is 43.3 Å². The van der Waals surface area contributed by atoms with Crippen molar-refractivity contribution in [3.63, 3.8) is 0 Å². The normalized spacial score (nSPS) is 15.3. The van der Waals surface area contributed by atoms with Crippen LogP contribution < -0.4 is 20.1 Å². The van der Waals surface area contributed by atoms with Crippen molar-refractivity contribution in [1.29, 1.82) is 0 Å². The van der Waals surface area contributed by atoms with Crippen molar-refractivity contribution >= 4 is 18.3 Å². The maximum Gasteiger partial charge on any atom is 0.255 e. The van der Waals surface area contributed by atoms with Crippen LogP contribution in [0.15, 0.2) is 54.7 Å². The summed E-state index contributed by atoms with van der Waals surface area (Å²) in [6, 6.07) is 15.4. The zero-order valence-electron chi connectivity index (χ0n) is 16.9. The van der Waals surface area contributed by atoms with Gasteiger partial charge in [0, 0.05) is 24.3 Å². The highest BCUT2D eigenvalue weighted by Crippen LogP contribution is 2.33. The second-order valence-corrected chi connectivity index (χ2v) is 6.90. The fourth-order valence-electron chi connectivity index (χ4n) is 3.49. The maximum absolute atomic E-state index is 13.1. The van der Waals surface area contributed by atoms with Crippen LogP contribution in [0.4, 0.5) is 0 Å². The van der Waals surface area contributed by atoms with Gasteiger partial charge < -0.3 is 20.1 Å². The van der Waals surface area contributed by atoms with E-state index in [1.807, 2.05) is 48.5 Å². The Labute approximate surface area is 181 Å². The highest BCUT2D eigenvalue weighted by atomic mass is 35.5. The summed E-state index contributed by atoms with van der Waals surface area (Å²) in [4.78, 5) is 13.1. The van der Waals surface area contributed by atoms with Crippen LogP contribution >= 0.6 is 12.4 Å². The lowest BCUT2D eigenvalue weighted by molar-refractivity contribution is 0.0940. The Balaban J connectivity index is 0.00000256. The van der Waals surface area contributed by atoms with Crippen LogP contribution in [-0.2, 0) is 0 Å². The summed E-state index contributed by atoms with van der Waals surface area (Å²) < 4.78 is 12.5. The molecule has 0 aliphatic carbocycles. The molecule has 158 valence electrons. The first-order valence-electron chi connectivity index (χ1n) is 9.58. The standard InChI is InChI=1S/C22H24N4O3.ClH/c1-28-19-9-8-15(12-20(19)29-2)21-18(22(27)24-16-10-11-23-13-16)14-26(25-21)17-6-4-3-5-7-17;/h3-9,12,14,16,23H,10-11,13H2,1-2H3,(H,24,27);1H. The number of halogens is 1. The molecule has 1 aliphatic heterocycles. The Hall–Kier alpha value is -3.03. The number of amides is 1. The number of ether oxygens (including phenoxy) is 2. The zero-order chi connectivity index (χ0) is 20.2. The molecular weight excluding hydrogens is 404 g/mol. The van der Waals surface area contributed by atoms with Gasteiger partial charge in [-0.15, -0.1) is 12.4 Å². The zero-order valence-corrected chi connectivity index (χ0v) is 17.7. The third-order valence-corrected chi connectivity index (χ3v) is 5.03. The van der Waals surface area contributed by atoms with Crippen molar-refractivity contribution in [2.75, 3.05) is 27.3 Å². The van der Waals surface area contributed by atoms with Crippen LogP contribution in [0.2, 0.25) is 0 Å². The number of hydrogen-bond acceptors (Lipinski definition) is 5. The van der Waals surface area contributed by atoms with Gasteiger partial charge in [0.1, 0.15) is 5.69 Å². The molecule has 0 spiro atoms. The second-order valence-electron chi connectivity index (χ2n) is 6.90. The molecule has 30 heavy (non-hydrogen) atoms. The molecule has 1 saturated heterocycles. The number of benzene rings is 2. The molecule has 2 heterocycles. The largest absolute Gasteiger partial charge is 0.493 e. The summed E-state index contributed by atoms with van der Waals surface area (Å²) in [5.41, 5.74) is 2.79. The molecule has 1 atom stereocenters. The quantitative estimate of drug-likeness (QED) is 0.631. The van der Waals surface area contributed by atoms with E-state index in [9.17, 15) is 4.79 Å². The first-order valence-corrected chi connectivity index (χ1v) is 9.58. The van der Waals surface area contributed by atoms with E-state index in [0.29, 0.717) is 22.8 Å². The van der Waals surface area contributed by atoms with E-state index in [2.05, 4.69) is 10.6 Å². The van der Waals surface area contributed by atoms with Gasteiger partial charge in [0.2, 0.25) is 0 Å². The predicted octanol–water partition coefficient (Wildman–Crippen LogP) is 3.07. The lowest BCUT2D eigenvalue weighted by Crippen LogP contribution is -2.36. The van der Waals surface area contributed by atoms with Crippen LogP contribution in [0.3, 0.4) is 0 Å². The van der Waals surface area contributed by atoms with Crippen LogP contribution in [0, 0.1) is 0 Å². The Morgan fingerprint density at radius 3 is 2.57 bits per heavy atom. The molecule has 1 amide bonds. The number of aromatic nitrogens is 2. The Bertz CT molecular complexity index is 1000. The topological polar surface area (TPSA) is 77.4 Å². The lowest BCUT2D eigenvalue weighted by Gasteiger charge is -2.12. The minimum atomic E-state index is -0.134. The van der Waals surface area contributed by atoms with Gasteiger partial charge in [-0.25, -0.2) is 4.68 Å². The molecule has 2 N–H and O–H groups in total. The number of methoxy groups -OCH3 is 2. The minimum absolute atomic E-state index is 0. The second kappa shape index (κ2) is 9.65. The Kier molecular flexibility index (Phi) is 6.97. The molecule has 7 nitrogen and oxygen atoms in total. The molecule has 8 heteroatoms. The lowest BCUT2D eigenvalue weighted by atomic mass is 10.1. The third kappa shape index (κ3) is 4.42. The van der Waals surface area contributed by atoms with Gasteiger partial charge in [0.25, 0.3) is 5.91 Å². The van der Waals surface area contributed by atoms with Gasteiger partial charge >= 0.3 is 0 Å². The number of nitrogens with zero attached hydrogens (tertiary/aromatic N) is 2. The number of hydrogen-bond donors (Lipinski definition) is 2. The van der Waals surface area contributed by atoms with E-state index in [-0.39, 0.29) is 24.4 Å². The number of rotatable bonds is 6. The van der Waals surface area contributed by atoms with E-state index in [1.54, 1.807) is 25.1 Å². The van der Waals surface area contributed by atoms with Crippen molar-refractivity contribution in [3.05, 3.63) is 60.3 Å². The molecule has 2 aromatic carbocycles. The molecule has 1 fully saturated rings. The Morgan fingerprint density at radius 1 is 1.13 bits per heavy atom. The SMILES string of the molecule is COc1ccc(-c2nn(-c3ccccc3)cc2C(=O)NC2CCNC2)cc1OC.Cl. The average molecular weight is 429 g/mol. The van der Waals surface area contributed by atoms with Gasteiger partial charge in [0.05, 0.1) is 25.5 Å². The van der Waals surface area contributed by atoms with Crippen molar-refractivity contribution < 1.29 is 14.3 Å². The summed E-state index contributed by atoms with van der Waals surface area (Å²) in [6.07, 6.45) is 2.70. The molecule has 1 aromatic heterocycles. The monoisotopic (exact) mass is 428 g/mol. The van der Waals surface area contributed by atoms with Crippen LogP contribution in [0.1, 0.15) is 16.8 Å². The maximum atomic E-state index is 13.1. The predicted molar refractivity (Wildman–Crippen MR) is 118 cm³/mol. The molecule has 1 aliphatic rings. The number of carbonyl (C=O) groups excluding carboxylic acids is 1. The van der Waals surface area contributed by atoms with E-state index < -0.39 is 0 Å². The Morgan fingerprint density at radius 2 is 1.90 bits per heavy atom. The average Bonchev–Trinajstić information content (AvgIpc) is 3.44. The van der Waals surface area contributed by atoms with E-state index in [4.69, 9.17) is 14.6 Å². The molecule has 3 aromatic rings. The first-order chi connectivity index (χ1) is 14.2. The number of nitrogens with one attached hydrogen (secondary N) is 2. The number of carbonyl (C=O) groups is 1. The van der Waals surface area contributed by atoms with Crippen molar-refractivity contribution in [2.45, 2.75) is 12.5 Å². The van der Waals surface area contributed by atoms with Crippen molar-refractivity contribution in [2.24, 2.45) is 0 Å². The van der Waals surface area contributed by atoms with Crippen LogP contribution in [0.25, 0.3) is 16.9 Å². The fourth-order valence-corrected chi connectivity index (χ4v) is 3.49. The third-order valence-electron chi connectivity index (χ3n) is 5.03. The molecule has 0 saturated carbocycles. The summed E-state index contributed by atoms with van der Waals surface area (Å²) in [5.74, 6) is 1.08. The van der Waals surface area contributed by atoms with E-state index >= 15 is 0 Å². The summed E-state index contributed by atoms with van der Waals surface area (Å²) in [5, 5.41) is 11.1. The van der Waals surface area contributed by atoms with Gasteiger partial charge in [-0.1, -0.05) is 18.2 Å². The molecule has 1 unspecified atom stereocenters. The highest BCUT2D eigenvalue weighted by Gasteiger charge is 2.23. The van der Waals surface area contributed by atoms with Gasteiger partial charge in [0.15, 0.2) is 11.5 Å². The summed E-state index contributed by atoms with van der Waals surface area (Å²) >= 11 is 0. The molecular formula is C22H25ClN4O3. The van der Waals surface area contributed by atoms with Gasteiger partial charge in [-0.3, -0.25) is 4.79 Å². The van der Waals surface area contributed by atoms with Gasteiger partial charge in [-0.2, -0.15) is 5.10 Å². The summed E-state index contributed by atoms with van der Waals surface area (Å²) in [6.45, 7) is 1.70. The van der Waals surface area contributed by atoms with Crippen LogP contribution in [0.5, 0.6) is 11.5 Å². The summed E-state index contributed by atoms with van der Waals surface area (Å²) in [7, 11) is 3.18. The highest BCUT2D eigenvalue weighted by molar-refractivity contribution is 6.00. The smallest absolute Gasteiger partial charge is 0.255 e. The first kappa shape index (κ1) is 21.7. The van der Waals surface area contributed by atoms with Crippen LogP contribution in [-0.4, -0.2) is 49.0 Å².